The number of fused-ring (bicyclic) bond motifs is 1. The van der Waals surface area contributed by atoms with E-state index in [1.165, 1.54) is 37.5 Å². The topological polar surface area (TPSA) is 126 Å². The van der Waals surface area contributed by atoms with Crippen molar-refractivity contribution in [2.24, 2.45) is 0 Å². The molecule has 0 bridgehead atoms. The van der Waals surface area contributed by atoms with Crippen molar-refractivity contribution in [1.29, 1.82) is 5.26 Å². The number of benzene rings is 2. The van der Waals surface area contributed by atoms with Crippen LogP contribution in [0.4, 0.5) is 0 Å². The summed E-state index contributed by atoms with van der Waals surface area (Å²) in [7, 11) is 1.37. The first kappa shape index (κ1) is 23.7. The summed E-state index contributed by atoms with van der Waals surface area (Å²) in [6.45, 7) is 1.08. The lowest BCUT2D eigenvalue weighted by Crippen LogP contribution is -2.41. The number of rotatable bonds is 6. The molecule has 0 aromatic heterocycles. The van der Waals surface area contributed by atoms with Crippen LogP contribution in [0.1, 0.15) is 26.3 Å². The summed E-state index contributed by atoms with van der Waals surface area (Å²) in [6.07, 6.45) is 1.42. The van der Waals surface area contributed by atoms with E-state index in [-0.39, 0.29) is 28.2 Å². The lowest BCUT2D eigenvalue weighted by Gasteiger charge is -2.26. The van der Waals surface area contributed by atoms with Crippen LogP contribution in [0.3, 0.4) is 0 Å². The molecule has 2 aromatic rings. The molecule has 4 rings (SSSR count). The molecule has 0 spiro atoms. The molecule has 3 amide bonds. The largest absolute Gasteiger partial charge is 0.493 e. The molecule has 0 saturated carbocycles. The summed E-state index contributed by atoms with van der Waals surface area (Å²) in [5.41, 5.74) is 0.905. The molecular weight excluding hydrogens is 454 g/mol. The van der Waals surface area contributed by atoms with Gasteiger partial charge in [-0.05, 0) is 35.9 Å². The highest BCUT2D eigenvalue weighted by molar-refractivity contribution is 6.22. The summed E-state index contributed by atoms with van der Waals surface area (Å²) in [5.74, 6) is -2.13. The highest BCUT2D eigenvalue weighted by Crippen LogP contribution is 2.30. The quantitative estimate of drug-likeness (QED) is 0.203. The lowest BCUT2D eigenvalue weighted by atomic mass is 10.1. The van der Waals surface area contributed by atoms with Gasteiger partial charge in [0, 0.05) is 13.1 Å². The van der Waals surface area contributed by atoms with Gasteiger partial charge in [-0.3, -0.25) is 19.3 Å². The van der Waals surface area contributed by atoms with Crippen LogP contribution in [-0.2, 0) is 14.3 Å². The molecule has 1 saturated heterocycles. The van der Waals surface area contributed by atoms with E-state index >= 15 is 0 Å². The fourth-order valence-electron chi connectivity index (χ4n) is 3.77. The van der Waals surface area contributed by atoms with Gasteiger partial charge in [-0.2, -0.15) is 5.26 Å². The summed E-state index contributed by atoms with van der Waals surface area (Å²) < 4.78 is 15.9. The van der Waals surface area contributed by atoms with Gasteiger partial charge >= 0.3 is 5.97 Å². The smallest absolute Gasteiger partial charge is 0.331 e. The van der Waals surface area contributed by atoms with Gasteiger partial charge < -0.3 is 19.1 Å². The maximum atomic E-state index is 12.6. The number of morpholine rings is 1. The van der Waals surface area contributed by atoms with Crippen molar-refractivity contribution in [3.63, 3.8) is 0 Å². The number of carbonyl (C=O) groups is 4. The molecule has 178 valence electrons. The van der Waals surface area contributed by atoms with Crippen LogP contribution in [-0.4, -0.2) is 73.4 Å². The molecule has 35 heavy (non-hydrogen) atoms. The Kier molecular flexibility index (Phi) is 6.89. The first-order valence-electron chi connectivity index (χ1n) is 10.8. The van der Waals surface area contributed by atoms with Gasteiger partial charge in [-0.1, -0.05) is 18.2 Å². The first-order valence-corrected chi connectivity index (χ1v) is 10.8. The molecule has 0 atom stereocenters. The predicted molar refractivity (Wildman–Crippen MR) is 121 cm³/mol. The Morgan fingerprint density at radius 1 is 1.06 bits per heavy atom. The van der Waals surface area contributed by atoms with Crippen molar-refractivity contribution in [2.75, 3.05) is 40.0 Å². The molecule has 0 unspecified atom stereocenters. The van der Waals surface area contributed by atoms with Gasteiger partial charge in [-0.25, -0.2) is 4.79 Å². The Hall–Kier alpha value is -4.49. The second kappa shape index (κ2) is 10.2. The molecule has 2 aliphatic rings. The van der Waals surface area contributed by atoms with Gasteiger partial charge in [0.2, 0.25) is 0 Å². The molecule has 0 N–H and O–H groups in total. The molecule has 10 nitrogen and oxygen atoms in total. The van der Waals surface area contributed by atoms with E-state index in [0.717, 1.165) is 4.90 Å². The van der Waals surface area contributed by atoms with E-state index in [1.54, 1.807) is 23.1 Å². The number of methoxy groups -OCH3 is 1. The normalized spacial score (nSPS) is 15.5. The number of carbonyl (C=O) groups excluding carboxylic acids is 4. The predicted octanol–water partition coefficient (Wildman–Crippen LogP) is 1.66. The van der Waals surface area contributed by atoms with Crippen molar-refractivity contribution in [1.82, 2.24) is 9.80 Å². The van der Waals surface area contributed by atoms with E-state index in [9.17, 15) is 24.4 Å². The molecule has 10 heteroatoms. The van der Waals surface area contributed by atoms with Crippen LogP contribution >= 0.6 is 0 Å². The van der Waals surface area contributed by atoms with Crippen molar-refractivity contribution < 1.29 is 33.4 Å². The Bertz CT molecular complexity index is 1240. The van der Waals surface area contributed by atoms with E-state index in [4.69, 9.17) is 14.2 Å². The zero-order chi connectivity index (χ0) is 24.9. The fraction of sp³-hybridized carbons (Fsp3) is 0.240. The van der Waals surface area contributed by atoms with E-state index < -0.39 is 30.2 Å². The maximum absolute atomic E-state index is 12.6. The van der Waals surface area contributed by atoms with Gasteiger partial charge in [0.25, 0.3) is 17.7 Å². The lowest BCUT2D eigenvalue weighted by molar-refractivity contribution is -0.134. The van der Waals surface area contributed by atoms with Gasteiger partial charge in [-0.15, -0.1) is 0 Å². The number of hydrogen-bond acceptors (Lipinski definition) is 8. The molecular formula is C25H21N3O7. The summed E-state index contributed by atoms with van der Waals surface area (Å²) in [6, 6.07) is 12.7. The fourth-order valence-corrected chi connectivity index (χ4v) is 3.77. The third-order valence-electron chi connectivity index (χ3n) is 5.54. The van der Waals surface area contributed by atoms with Gasteiger partial charge in [0.15, 0.2) is 11.5 Å². The van der Waals surface area contributed by atoms with Crippen molar-refractivity contribution >= 4 is 29.8 Å². The molecule has 2 heterocycles. The Morgan fingerprint density at radius 3 is 2.31 bits per heavy atom. The SMILES string of the molecule is COc1cc(/C=C(\C#N)C(=O)N2CCOCC2)ccc1OC(=O)CN1C(=O)c2ccccc2C1=O. The molecule has 0 radical (unpaired) electrons. The zero-order valence-electron chi connectivity index (χ0n) is 18.9. The van der Waals surface area contributed by atoms with Crippen molar-refractivity contribution in [3.05, 3.63) is 64.7 Å². The van der Waals surface area contributed by atoms with Crippen LogP contribution in [0.15, 0.2) is 48.0 Å². The number of ether oxygens (including phenoxy) is 3. The Balaban J connectivity index is 1.47. The highest BCUT2D eigenvalue weighted by atomic mass is 16.6. The number of hydrogen-bond donors (Lipinski definition) is 0. The number of nitriles is 1. The third kappa shape index (κ3) is 4.90. The Labute approximate surface area is 200 Å². The van der Waals surface area contributed by atoms with Crippen LogP contribution < -0.4 is 9.47 Å². The standard InChI is InChI=1S/C25H21N3O7/c1-33-21-13-16(12-17(14-26)23(30)27-8-10-34-11-9-27)6-7-20(21)35-22(29)15-28-24(31)18-4-2-3-5-19(18)25(28)32/h2-7,12-13H,8-11,15H2,1H3/b17-12+. The van der Waals surface area contributed by atoms with Crippen LogP contribution in [0.25, 0.3) is 6.08 Å². The van der Waals surface area contributed by atoms with Crippen LogP contribution in [0.2, 0.25) is 0 Å². The average molecular weight is 475 g/mol. The highest BCUT2D eigenvalue weighted by Gasteiger charge is 2.36. The van der Waals surface area contributed by atoms with E-state index in [0.29, 0.717) is 31.9 Å². The second-order valence-corrected chi connectivity index (χ2v) is 7.70. The summed E-state index contributed by atoms with van der Waals surface area (Å²) >= 11 is 0. The van der Waals surface area contributed by atoms with Gasteiger partial charge in [0.05, 0.1) is 31.5 Å². The molecule has 2 aromatic carbocycles. The van der Waals surface area contributed by atoms with Gasteiger partial charge in [0.1, 0.15) is 18.2 Å². The average Bonchev–Trinajstić information content (AvgIpc) is 3.13. The number of amides is 3. The number of imide groups is 1. The van der Waals surface area contributed by atoms with E-state index in [2.05, 4.69) is 0 Å². The molecule has 0 aliphatic carbocycles. The van der Waals surface area contributed by atoms with Crippen LogP contribution in [0.5, 0.6) is 11.5 Å². The monoisotopic (exact) mass is 475 g/mol. The minimum atomic E-state index is -0.832. The summed E-state index contributed by atoms with van der Waals surface area (Å²) in [5, 5.41) is 9.47. The number of nitrogens with zero attached hydrogens (tertiary/aromatic N) is 3. The molecule has 1 fully saturated rings. The maximum Gasteiger partial charge on any atom is 0.331 e. The van der Waals surface area contributed by atoms with Crippen LogP contribution in [0, 0.1) is 11.3 Å². The van der Waals surface area contributed by atoms with Crippen molar-refractivity contribution in [3.8, 4) is 17.6 Å². The zero-order valence-corrected chi connectivity index (χ0v) is 18.9. The number of esters is 1. The van der Waals surface area contributed by atoms with Crippen molar-refractivity contribution in [2.45, 2.75) is 0 Å². The third-order valence-corrected chi connectivity index (χ3v) is 5.54. The second-order valence-electron chi connectivity index (χ2n) is 7.70. The minimum absolute atomic E-state index is 0.0516. The Morgan fingerprint density at radius 2 is 1.71 bits per heavy atom. The summed E-state index contributed by atoms with van der Waals surface area (Å²) in [4.78, 5) is 52.4. The minimum Gasteiger partial charge on any atom is -0.493 e. The first-order chi connectivity index (χ1) is 16.9. The van der Waals surface area contributed by atoms with E-state index in [1.807, 2.05) is 6.07 Å². The molecule has 2 aliphatic heterocycles.